The average Bonchev–Trinajstić information content (AvgIpc) is 2.32. The smallest absolute Gasteiger partial charge is 0.251 e. The van der Waals surface area contributed by atoms with Gasteiger partial charge in [0.25, 0.3) is 5.91 Å². The van der Waals surface area contributed by atoms with Gasteiger partial charge in [0.1, 0.15) is 0 Å². The molecule has 1 heterocycles. The van der Waals surface area contributed by atoms with Gasteiger partial charge in [0.15, 0.2) is 0 Å². The summed E-state index contributed by atoms with van der Waals surface area (Å²) in [5.74, 6) is -0.0523. The zero-order valence-corrected chi connectivity index (χ0v) is 12.5. The molecule has 1 aliphatic rings. The van der Waals surface area contributed by atoms with Crippen LogP contribution in [0.3, 0.4) is 0 Å². The van der Waals surface area contributed by atoms with Gasteiger partial charge in [-0.25, -0.2) is 0 Å². The van der Waals surface area contributed by atoms with Crippen molar-refractivity contribution in [3.8, 4) is 0 Å². The number of hydrogen-bond acceptors (Lipinski definition) is 2. The van der Waals surface area contributed by atoms with Crippen molar-refractivity contribution in [2.24, 2.45) is 0 Å². The number of rotatable bonds is 2. The molecule has 0 aromatic heterocycles. The van der Waals surface area contributed by atoms with Crippen molar-refractivity contribution in [2.75, 3.05) is 6.54 Å². The molecule has 1 saturated heterocycles. The van der Waals surface area contributed by atoms with Crippen molar-refractivity contribution >= 4 is 33.4 Å². The van der Waals surface area contributed by atoms with E-state index in [0.29, 0.717) is 16.6 Å². The number of nitrogens with one attached hydrogen (secondary N) is 2. The molecule has 2 rings (SSSR count). The standard InChI is InChI=1S/C13H16BrClN2O/c1-8-6-10(4-5-16-8)17-13(18)9-2-3-11(14)12(15)7-9/h2-3,7-8,10,16H,4-6H2,1H3,(H,17,18). The van der Waals surface area contributed by atoms with E-state index in [4.69, 9.17) is 11.6 Å². The highest BCUT2D eigenvalue weighted by atomic mass is 79.9. The van der Waals surface area contributed by atoms with Gasteiger partial charge in [-0.3, -0.25) is 4.79 Å². The van der Waals surface area contributed by atoms with E-state index < -0.39 is 0 Å². The molecule has 1 amide bonds. The van der Waals surface area contributed by atoms with Crippen molar-refractivity contribution in [1.29, 1.82) is 0 Å². The van der Waals surface area contributed by atoms with Crippen molar-refractivity contribution in [3.63, 3.8) is 0 Å². The first kappa shape index (κ1) is 13.8. The van der Waals surface area contributed by atoms with Gasteiger partial charge in [-0.05, 0) is 60.4 Å². The fraction of sp³-hybridized carbons (Fsp3) is 0.462. The van der Waals surface area contributed by atoms with E-state index >= 15 is 0 Å². The Labute approximate surface area is 120 Å². The molecular weight excluding hydrogens is 316 g/mol. The van der Waals surface area contributed by atoms with Crippen molar-refractivity contribution in [2.45, 2.75) is 31.8 Å². The minimum Gasteiger partial charge on any atom is -0.349 e. The molecule has 1 fully saturated rings. The molecule has 5 heteroatoms. The maximum Gasteiger partial charge on any atom is 0.251 e. The number of piperidine rings is 1. The predicted molar refractivity (Wildman–Crippen MR) is 77.1 cm³/mol. The summed E-state index contributed by atoms with van der Waals surface area (Å²) in [4.78, 5) is 12.1. The van der Waals surface area contributed by atoms with Gasteiger partial charge in [-0.15, -0.1) is 0 Å². The summed E-state index contributed by atoms with van der Waals surface area (Å²) in [6, 6.07) is 5.96. The first-order valence-electron chi connectivity index (χ1n) is 6.05. The molecule has 1 aromatic carbocycles. The van der Waals surface area contributed by atoms with E-state index in [1.54, 1.807) is 18.2 Å². The van der Waals surface area contributed by atoms with Crippen LogP contribution < -0.4 is 10.6 Å². The molecular formula is C13H16BrClN2O. The van der Waals surface area contributed by atoms with Crippen LogP contribution in [0.5, 0.6) is 0 Å². The Bertz CT molecular complexity index is 453. The molecule has 2 atom stereocenters. The number of carbonyl (C=O) groups is 1. The van der Waals surface area contributed by atoms with Crippen LogP contribution >= 0.6 is 27.5 Å². The van der Waals surface area contributed by atoms with E-state index in [9.17, 15) is 4.79 Å². The van der Waals surface area contributed by atoms with Crippen LogP contribution in [-0.2, 0) is 0 Å². The summed E-state index contributed by atoms with van der Waals surface area (Å²) < 4.78 is 0.802. The maximum absolute atomic E-state index is 12.1. The fourth-order valence-electron chi connectivity index (χ4n) is 2.17. The van der Waals surface area contributed by atoms with E-state index in [-0.39, 0.29) is 11.9 Å². The largest absolute Gasteiger partial charge is 0.349 e. The molecule has 0 saturated carbocycles. The van der Waals surface area contributed by atoms with Crippen molar-refractivity contribution in [3.05, 3.63) is 33.3 Å². The number of benzene rings is 1. The molecule has 0 bridgehead atoms. The quantitative estimate of drug-likeness (QED) is 0.875. The van der Waals surface area contributed by atoms with Gasteiger partial charge in [0, 0.05) is 22.1 Å². The molecule has 2 N–H and O–H groups in total. The Hall–Kier alpha value is -0.580. The van der Waals surface area contributed by atoms with E-state index in [1.807, 2.05) is 0 Å². The van der Waals surface area contributed by atoms with Gasteiger partial charge in [-0.1, -0.05) is 11.6 Å². The van der Waals surface area contributed by atoms with Crippen LogP contribution in [0, 0.1) is 0 Å². The SMILES string of the molecule is CC1CC(NC(=O)c2ccc(Br)c(Cl)c2)CCN1. The Morgan fingerprint density at radius 2 is 2.33 bits per heavy atom. The van der Waals surface area contributed by atoms with Crippen molar-refractivity contribution < 1.29 is 4.79 Å². The van der Waals surface area contributed by atoms with Gasteiger partial charge in [0.2, 0.25) is 0 Å². The topological polar surface area (TPSA) is 41.1 Å². The molecule has 0 radical (unpaired) electrons. The third-order valence-electron chi connectivity index (χ3n) is 3.14. The lowest BCUT2D eigenvalue weighted by atomic mass is 10.0. The highest BCUT2D eigenvalue weighted by Gasteiger charge is 2.20. The Morgan fingerprint density at radius 1 is 1.56 bits per heavy atom. The Morgan fingerprint density at radius 3 is 3.00 bits per heavy atom. The molecule has 0 spiro atoms. The Balaban J connectivity index is 2.00. The highest BCUT2D eigenvalue weighted by Crippen LogP contribution is 2.23. The molecule has 2 unspecified atom stereocenters. The summed E-state index contributed by atoms with van der Waals surface area (Å²) in [7, 11) is 0. The summed E-state index contributed by atoms with van der Waals surface area (Å²) in [5.41, 5.74) is 0.606. The minimum atomic E-state index is -0.0523. The summed E-state index contributed by atoms with van der Waals surface area (Å²) >= 11 is 9.30. The number of amides is 1. The van der Waals surface area contributed by atoms with Crippen LogP contribution in [0.1, 0.15) is 30.1 Å². The molecule has 18 heavy (non-hydrogen) atoms. The minimum absolute atomic E-state index is 0.0523. The highest BCUT2D eigenvalue weighted by molar-refractivity contribution is 9.10. The second-order valence-electron chi connectivity index (χ2n) is 4.68. The van der Waals surface area contributed by atoms with Crippen LogP contribution in [0.4, 0.5) is 0 Å². The van der Waals surface area contributed by atoms with E-state index in [1.165, 1.54) is 0 Å². The molecule has 1 aliphatic heterocycles. The monoisotopic (exact) mass is 330 g/mol. The lowest BCUT2D eigenvalue weighted by Crippen LogP contribution is -2.46. The lowest BCUT2D eigenvalue weighted by molar-refractivity contribution is 0.0925. The van der Waals surface area contributed by atoms with Crippen LogP contribution in [-0.4, -0.2) is 24.5 Å². The lowest BCUT2D eigenvalue weighted by Gasteiger charge is -2.28. The van der Waals surface area contributed by atoms with Crippen LogP contribution in [0.15, 0.2) is 22.7 Å². The van der Waals surface area contributed by atoms with Crippen molar-refractivity contribution in [1.82, 2.24) is 10.6 Å². The molecule has 1 aromatic rings. The number of halogens is 2. The second kappa shape index (κ2) is 6.04. The van der Waals surface area contributed by atoms with E-state index in [0.717, 1.165) is 23.9 Å². The zero-order chi connectivity index (χ0) is 13.1. The number of hydrogen-bond donors (Lipinski definition) is 2. The van der Waals surface area contributed by atoms with Gasteiger partial charge in [0.05, 0.1) is 5.02 Å². The maximum atomic E-state index is 12.1. The Kier molecular flexibility index (Phi) is 4.65. The first-order chi connectivity index (χ1) is 8.56. The van der Waals surface area contributed by atoms with Gasteiger partial charge >= 0.3 is 0 Å². The third kappa shape index (κ3) is 3.46. The first-order valence-corrected chi connectivity index (χ1v) is 7.22. The van der Waals surface area contributed by atoms with E-state index in [2.05, 4.69) is 33.5 Å². The summed E-state index contributed by atoms with van der Waals surface area (Å²) in [6.07, 6.45) is 1.94. The summed E-state index contributed by atoms with van der Waals surface area (Å²) in [6.45, 7) is 3.09. The summed E-state index contributed by atoms with van der Waals surface area (Å²) in [5, 5.41) is 6.98. The predicted octanol–water partition coefficient (Wildman–Crippen LogP) is 2.97. The van der Waals surface area contributed by atoms with Crippen LogP contribution in [0.25, 0.3) is 0 Å². The second-order valence-corrected chi connectivity index (χ2v) is 5.94. The van der Waals surface area contributed by atoms with Gasteiger partial charge in [-0.2, -0.15) is 0 Å². The zero-order valence-electron chi connectivity index (χ0n) is 10.2. The molecule has 0 aliphatic carbocycles. The normalized spacial score (nSPS) is 23.7. The molecule has 98 valence electrons. The number of carbonyl (C=O) groups excluding carboxylic acids is 1. The van der Waals surface area contributed by atoms with Crippen LogP contribution in [0.2, 0.25) is 5.02 Å². The van der Waals surface area contributed by atoms with Gasteiger partial charge < -0.3 is 10.6 Å². The molecule has 3 nitrogen and oxygen atoms in total. The fourth-order valence-corrected chi connectivity index (χ4v) is 2.60. The average molecular weight is 332 g/mol. The third-order valence-corrected chi connectivity index (χ3v) is 4.37.